The van der Waals surface area contributed by atoms with Crippen molar-refractivity contribution < 1.29 is 9.13 Å². The molecule has 0 bridgehead atoms. The normalized spacial score (nSPS) is 26.0. The molecule has 0 amide bonds. The van der Waals surface area contributed by atoms with E-state index in [1.807, 2.05) is 18.2 Å². The topological polar surface area (TPSA) is 36.3 Å². The summed E-state index contributed by atoms with van der Waals surface area (Å²) in [5.74, 6) is 0.178. The van der Waals surface area contributed by atoms with E-state index in [4.69, 9.17) is 4.74 Å². The number of nitriles is 1. The monoisotopic (exact) mass is 308 g/mol. The molecule has 2 aromatic rings. The predicted molar refractivity (Wildman–Crippen MR) is 84.4 cm³/mol. The third-order valence-electron chi connectivity index (χ3n) is 4.93. The Morgan fingerprint density at radius 1 is 1.22 bits per heavy atom. The Labute approximate surface area is 134 Å². The average molecular weight is 308 g/mol. The molecule has 116 valence electrons. The number of hydrogen-bond donors (Lipinski definition) is 0. The van der Waals surface area contributed by atoms with Gasteiger partial charge in [0.1, 0.15) is 23.6 Å². The fraction of sp³-hybridized carbons (Fsp3) is 0.316. The molecule has 1 fully saturated rings. The highest BCUT2D eigenvalue weighted by molar-refractivity contribution is 5.44. The number of halogens is 1. The van der Waals surface area contributed by atoms with Crippen LogP contribution in [0, 0.1) is 22.6 Å². The summed E-state index contributed by atoms with van der Waals surface area (Å²) in [6.45, 7) is 2.39. The fourth-order valence-corrected chi connectivity index (χ4v) is 3.82. The van der Waals surface area contributed by atoms with E-state index in [1.165, 1.54) is 11.6 Å². The van der Waals surface area contributed by atoms with E-state index in [-0.39, 0.29) is 11.7 Å². The van der Waals surface area contributed by atoms with Gasteiger partial charge in [-0.25, -0.2) is 4.39 Å². The molecule has 0 unspecified atom stereocenters. The van der Waals surface area contributed by atoms with Crippen LogP contribution in [0.5, 0.6) is 5.75 Å². The third kappa shape index (κ3) is 2.29. The van der Waals surface area contributed by atoms with Gasteiger partial charge in [0, 0.05) is 31.1 Å². The Hall–Kier alpha value is -2.38. The molecule has 0 saturated carbocycles. The van der Waals surface area contributed by atoms with Crippen molar-refractivity contribution in [2.45, 2.75) is 12.5 Å². The number of likely N-dealkylation sites (tertiary alicyclic amines) is 1. The largest absolute Gasteiger partial charge is 0.491 e. The van der Waals surface area contributed by atoms with E-state index in [2.05, 4.69) is 23.1 Å². The van der Waals surface area contributed by atoms with E-state index in [0.717, 1.165) is 6.54 Å². The van der Waals surface area contributed by atoms with Crippen LogP contribution < -0.4 is 4.74 Å². The van der Waals surface area contributed by atoms with Crippen molar-refractivity contribution in [3.05, 3.63) is 65.5 Å². The molecular weight excluding hydrogens is 291 g/mol. The van der Waals surface area contributed by atoms with Crippen LogP contribution in [0.3, 0.4) is 0 Å². The maximum Gasteiger partial charge on any atom is 0.130 e. The molecular formula is C19H17FN2O. The summed E-state index contributed by atoms with van der Waals surface area (Å²) < 4.78 is 20.1. The molecule has 2 heterocycles. The highest BCUT2D eigenvalue weighted by Crippen LogP contribution is 2.50. The molecule has 4 rings (SSSR count). The zero-order valence-electron chi connectivity index (χ0n) is 12.7. The number of nitrogens with zero attached hydrogens (tertiary/aromatic N) is 2. The van der Waals surface area contributed by atoms with Crippen LogP contribution in [0.4, 0.5) is 4.39 Å². The second-order valence-corrected chi connectivity index (χ2v) is 6.42. The van der Waals surface area contributed by atoms with Crippen LogP contribution in [-0.2, 0) is 6.54 Å². The Balaban J connectivity index is 1.67. The second kappa shape index (κ2) is 5.36. The van der Waals surface area contributed by atoms with E-state index in [9.17, 15) is 9.65 Å². The van der Waals surface area contributed by atoms with Crippen molar-refractivity contribution in [1.29, 1.82) is 5.26 Å². The van der Waals surface area contributed by atoms with Crippen LogP contribution in [0.25, 0.3) is 0 Å². The Morgan fingerprint density at radius 2 is 2.04 bits per heavy atom. The van der Waals surface area contributed by atoms with Gasteiger partial charge >= 0.3 is 0 Å². The average Bonchev–Trinajstić information content (AvgIpc) is 2.94. The molecule has 0 aromatic heterocycles. The van der Waals surface area contributed by atoms with Gasteiger partial charge in [0.25, 0.3) is 0 Å². The number of benzene rings is 2. The van der Waals surface area contributed by atoms with Crippen molar-refractivity contribution in [3.8, 4) is 11.8 Å². The SMILES string of the molecule is N#C[C@]12COc3cccc(F)c3[C@H]1CN(Cc1ccccc1)C2. The maximum absolute atomic E-state index is 14.4. The van der Waals surface area contributed by atoms with E-state index in [1.54, 1.807) is 12.1 Å². The molecule has 2 atom stereocenters. The van der Waals surface area contributed by atoms with Gasteiger partial charge in [-0.3, -0.25) is 4.90 Å². The van der Waals surface area contributed by atoms with E-state index >= 15 is 0 Å². The van der Waals surface area contributed by atoms with Crippen LogP contribution >= 0.6 is 0 Å². The summed E-state index contributed by atoms with van der Waals surface area (Å²) in [6.07, 6.45) is 0. The van der Waals surface area contributed by atoms with E-state index in [0.29, 0.717) is 31.0 Å². The first kappa shape index (κ1) is 14.2. The van der Waals surface area contributed by atoms with Gasteiger partial charge in [0.15, 0.2) is 0 Å². The molecule has 4 heteroatoms. The quantitative estimate of drug-likeness (QED) is 0.854. The van der Waals surface area contributed by atoms with Gasteiger partial charge in [-0.15, -0.1) is 0 Å². The van der Waals surface area contributed by atoms with Gasteiger partial charge in [0.2, 0.25) is 0 Å². The van der Waals surface area contributed by atoms with Crippen LogP contribution in [-0.4, -0.2) is 24.6 Å². The lowest BCUT2D eigenvalue weighted by Crippen LogP contribution is -2.38. The molecule has 0 aliphatic carbocycles. The minimum Gasteiger partial charge on any atom is -0.491 e. The number of fused-ring (bicyclic) bond motifs is 3. The fourth-order valence-electron chi connectivity index (χ4n) is 3.82. The first-order chi connectivity index (χ1) is 11.2. The molecule has 3 nitrogen and oxygen atoms in total. The maximum atomic E-state index is 14.4. The van der Waals surface area contributed by atoms with Crippen LogP contribution in [0.15, 0.2) is 48.5 Å². The second-order valence-electron chi connectivity index (χ2n) is 6.42. The molecule has 0 spiro atoms. The Morgan fingerprint density at radius 3 is 2.83 bits per heavy atom. The number of ether oxygens (including phenoxy) is 1. The van der Waals surface area contributed by atoms with Gasteiger partial charge in [-0.1, -0.05) is 36.4 Å². The molecule has 0 radical (unpaired) electrons. The zero-order chi connectivity index (χ0) is 15.9. The summed E-state index contributed by atoms with van der Waals surface area (Å²) in [7, 11) is 0. The lowest BCUT2D eigenvalue weighted by Gasteiger charge is -2.34. The lowest BCUT2D eigenvalue weighted by atomic mass is 9.74. The van der Waals surface area contributed by atoms with Gasteiger partial charge < -0.3 is 4.74 Å². The first-order valence-electron chi connectivity index (χ1n) is 7.81. The molecule has 2 aromatic carbocycles. The Bertz CT molecular complexity index is 771. The molecule has 2 aliphatic rings. The summed E-state index contributed by atoms with van der Waals surface area (Å²) in [6, 6.07) is 17.5. The highest BCUT2D eigenvalue weighted by Gasteiger charge is 2.52. The minimum absolute atomic E-state index is 0.138. The summed E-state index contributed by atoms with van der Waals surface area (Å²) in [5.41, 5.74) is 1.11. The third-order valence-corrected chi connectivity index (χ3v) is 4.93. The van der Waals surface area contributed by atoms with Gasteiger partial charge in [-0.2, -0.15) is 5.26 Å². The molecule has 2 aliphatic heterocycles. The number of rotatable bonds is 2. The molecule has 1 saturated heterocycles. The standard InChI is InChI=1S/C19H17FN2O/c20-16-7-4-8-17-18(16)15-10-22(9-14-5-2-1-3-6-14)12-19(15,11-21)13-23-17/h1-8,15H,9-10,12-13H2/t15-,19+/m1/s1. The van der Waals surface area contributed by atoms with Crippen molar-refractivity contribution in [3.63, 3.8) is 0 Å². The molecule has 23 heavy (non-hydrogen) atoms. The zero-order valence-corrected chi connectivity index (χ0v) is 12.7. The lowest BCUT2D eigenvalue weighted by molar-refractivity contribution is 0.157. The van der Waals surface area contributed by atoms with E-state index < -0.39 is 5.41 Å². The van der Waals surface area contributed by atoms with Crippen molar-refractivity contribution in [1.82, 2.24) is 4.90 Å². The van der Waals surface area contributed by atoms with Gasteiger partial charge in [-0.05, 0) is 17.7 Å². The van der Waals surface area contributed by atoms with Crippen molar-refractivity contribution >= 4 is 0 Å². The molecule has 0 N–H and O–H groups in total. The van der Waals surface area contributed by atoms with Crippen molar-refractivity contribution in [2.75, 3.05) is 19.7 Å². The summed E-state index contributed by atoms with van der Waals surface area (Å²) >= 11 is 0. The smallest absolute Gasteiger partial charge is 0.130 e. The minimum atomic E-state index is -0.663. The Kier molecular flexibility index (Phi) is 3.32. The predicted octanol–water partition coefficient (Wildman–Crippen LogP) is 3.33. The van der Waals surface area contributed by atoms with Crippen LogP contribution in [0.2, 0.25) is 0 Å². The first-order valence-corrected chi connectivity index (χ1v) is 7.81. The van der Waals surface area contributed by atoms with Gasteiger partial charge in [0.05, 0.1) is 6.07 Å². The highest BCUT2D eigenvalue weighted by atomic mass is 19.1. The number of hydrogen-bond acceptors (Lipinski definition) is 3. The summed E-state index contributed by atoms with van der Waals surface area (Å²) in [4.78, 5) is 2.23. The summed E-state index contributed by atoms with van der Waals surface area (Å²) in [5, 5.41) is 9.77. The van der Waals surface area contributed by atoms with Crippen molar-refractivity contribution in [2.24, 2.45) is 5.41 Å². The van der Waals surface area contributed by atoms with Crippen LogP contribution in [0.1, 0.15) is 17.0 Å².